The fourth-order valence-electron chi connectivity index (χ4n) is 5.36. The molecule has 0 saturated heterocycles. The highest BCUT2D eigenvalue weighted by Crippen LogP contribution is 2.64. The second-order valence-electron chi connectivity index (χ2n) is 9.55. The van der Waals surface area contributed by atoms with E-state index >= 15 is 0 Å². The Morgan fingerprint density at radius 1 is 1.27 bits per heavy atom. The summed E-state index contributed by atoms with van der Waals surface area (Å²) in [5.41, 5.74) is 8.65. The quantitative estimate of drug-likeness (QED) is 0.633. The van der Waals surface area contributed by atoms with Crippen LogP contribution in [0.5, 0.6) is 0 Å². The minimum atomic E-state index is -0.931. The molecule has 6 heteroatoms. The summed E-state index contributed by atoms with van der Waals surface area (Å²) in [6.45, 7) is 4.23. The van der Waals surface area contributed by atoms with Crippen molar-refractivity contribution in [3.63, 3.8) is 0 Å². The van der Waals surface area contributed by atoms with Gasteiger partial charge in [0.1, 0.15) is 0 Å². The molecule has 0 heterocycles. The highest BCUT2D eigenvalue weighted by molar-refractivity contribution is 5.88. The molecule has 3 fully saturated rings. The summed E-state index contributed by atoms with van der Waals surface area (Å²) in [7, 11) is 1.91. The van der Waals surface area contributed by atoms with E-state index in [0.29, 0.717) is 12.0 Å². The summed E-state index contributed by atoms with van der Waals surface area (Å²) in [5, 5.41) is 12.5. The number of nitrogens with zero attached hydrogens (tertiary/aromatic N) is 1. The lowest BCUT2D eigenvalue weighted by molar-refractivity contribution is -0.136. The SMILES string of the molecule is C=C(Nc1cccc(C(=O)O)c1)C1CC12CCC([C@H](N)C(=O)N(C)C1CCC1)CC2. The van der Waals surface area contributed by atoms with Gasteiger partial charge in [-0.05, 0) is 80.9 Å². The van der Waals surface area contributed by atoms with Crippen LogP contribution in [0.2, 0.25) is 0 Å². The van der Waals surface area contributed by atoms with Gasteiger partial charge in [0.25, 0.3) is 0 Å². The summed E-state index contributed by atoms with van der Waals surface area (Å²) in [5.74, 6) is -0.159. The summed E-state index contributed by atoms with van der Waals surface area (Å²) >= 11 is 0. The van der Waals surface area contributed by atoms with E-state index < -0.39 is 5.97 Å². The number of carboxylic acid groups (broad SMARTS) is 1. The number of anilines is 1. The molecule has 6 nitrogen and oxygen atoms in total. The van der Waals surface area contributed by atoms with Crippen LogP contribution in [0.4, 0.5) is 5.69 Å². The van der Waals surface area contributed by atoms with E-state index in [1.165, 1.54) is 6.42 Å². The van der Waals surface area contributed by atoms with E-state index in [1.807, 2.05) is 18.0 Å². The second kappa shape index (κ2) is 8.06. The van der Waals surface area contributed by atoms with Crippen molar-refractivity contribution in [3.05, 3.63) is 42.1 Å². The minimum Gasteiger partial charge on any atom is -0.478 e. The standard InChI is InChI=1S/C24H33N3O3/c1-15(26-18-6-3-5-17(13-18)23(29)30)20-14-24(20)11-9-16(10-12-24)21(25)22(28)27(2)19-7-4-8-19/h3,5-6,13,16,19-21,26H,1,4,7-12,14,25H2,2H3,(H,29,30)/t16?,20?,21-,24?/m0/s1. The Morgan fingerprint density at radius 3 is 2.57 bits per heavy atom. The van der Waals surface area contributed by atoms with Crippen LogP contribution in [-0.2, 0) is 4.79 Å². The molecule has 3 aliphatic carbocycles. The van der Waals surface area contributed by atoms with Gasteiger partial charge in [-0.1, -0.05) is 12.6 Å². The average molecular weight is 412 g/mol. The number of hydrogen-bond acceptors (Lipinski definition) is 4. The molecule has 4 N–H and O–H groups in total. The Hall–Kier alpha value is -2.34. The van der Waals surface area contributed by atoms with Gasteiger partial charge in [-0.25, -0.2) is 4.79 Å². The number of amides is 1. The van der Waals surface area contributed by atoms with Crippen molar-refractivity contribution in [2.75, 3.05) is 12.4 Å². The first-order valence-electron chi connectivity index (χ1n) is 11.1. The molecule has 1 aromatic carbocycles. The first-order chi connectivity index (χ1) is 14.3. The lowest BCUT2D eigenvalue weighted by Gasteiger charge is -2.39. The molecule has 162 valence electrons. The van der Waals surface area contributed by atoms with Crippen LogP contribution in [0.3, 0.4) is 0 Å². The fraction of sp³-hybridized carbons (Fsp3) is 0.583. The molecular weight excluding hydrogens is 378 g/mol. The van der Waals surface area contributed by atoms with E-state index in [2.05, 4.69) is 11.9 Å². The number of likely N-dealkylation sites (N-methyl/N-ethyl adjacent to an activating group) is 1. The zero-order chi connectivity index (χ0) is 21.5. The average Bonchev–Trinajstić information content (AvgIpc) is 3.39. The summed E-state index contributed by atoms with van der Waals surface area (Å²) in [6, 6.07) is 6.84. The van der Waals surface area contributed by atoms with Gasteiger partial charge in [-0.2, -0.15) is 0 Å². The number of carboxylic acids is 1. The summed E-state index contributed by atoms with van der Waals surface area (Å²) < 4.78 is 0. The van der Waals surface area contributed by atoms with Gasteiger partial charge in [0, 0.05) is 30.4 Å². The van der Waals surface area contributed by atoms with Gasteiger partial charge in [-0.3, -0.25) is 4.79 Å². The molecule has 1 aromatic rings. The van der Waals surface area contributed by atoms with Crippen LogP contribution < -0.4 is 11.1 Å². The van der Waals surface area contributed by atoms with E-state index in [9.17, 15) is 9.59 Å². The number of benzene rings is 1. The maximum Gasteiger partial charge on any atom is 0.335 e. The van der Waals surface area contributed by atoms with Crippen LogP contribution >= 0.6 is 0 Å². The highest BCUT2D eigenvalue weighted by Gasteiger charge is 2.56. The normalized spacial score (nSPS) is 29.0. The Bertz CT molecular complexity index is 840. The van der Waals surface area contributed by atoms with Crippen LogP contribution in [0.1, 0.15) is 61.7 Å². The molecule has 3 aliphatic rings. The van der Waals surface area contributed by atoms with Crippen molar-refractivity contribution in [1.82, 2.24) is 4.90 Å². The number of aromatic carboxylic acids is 1. The third-order valence-electron chi connectivity index (χ3n) is 7.81. The predicted molar refractivity (Wildman–Crippen MR) is 117 cm³/mol. The Kier molecular flexibility index (Phi) is 5.62. The maximum atomic E-state index is 12.7. The molecular formula is C24H33N3O3. The Morgan fingerprint density at radius 2 is 1.97 bits per heavy atom. The number of rotatable bonds is 7. The monoisotopic (exact) mass is 411 g/mol. The lowest BCUT2D eigenvalue weighted by atomic mass is 9.75. The van der Waals surface area contributed by atoms with E-state index in [4.69, 9.17) is 10.8 Å². The molecule has 1 unspecified atom stereocenters. The van der Waals surface area contributed by atoms with Crippen molar-refractivity contribution < 1.29 is 14.7 Å². The highest BCUT2D eigenvalue weighted by atomic mass is 16.4. The summed E-state index contributed by atoms with van der Waals surface area (Å²) in [4.78, 5) is 25.8. The van der Waals surface area contributed by atoms with Crippen molar-refractivity contribution in [3.8, 4) is 0 Å². The molecule has 0 radical (unpaired) electrons. The number of nitrogens with one attached hydrogen (secondary N) is 1. The van der Waals surface area contributed by atoms with E-state index in [1.54, 1.807) is 18.2 Å². The number of hydrogen-bond donors (Lipinski definition) is 3. The van der Waals surface area contributed by atoms with Gasteiger partial charge in [0.05, 0.1) is 11.6 Å². The predicted octanol–water partition coefficient (Wildman–Crippen LogP) is 3.85. The molecule has 1 amide bonds. The van der Waals surface area contributed by atoms with E-state index in [-0.39, 0.29) is 28.8 Å². The number of carbonyl (C=O) groups excluding carboxylic acids is 1. The van der Waals surface area contributed by atoms with Crippen molar-refractivity contribution >= 4 is 17.6 Å². The van der Waals surface area contributed by atoms with E-state index in [0.717, 1.165) is 56.3 Å². The molecule has 4 rings (SSSR count). The van der Waals surface area contributed by atoms with Crippen molar-refractivity contribution in [1.29, 1.82) is 0 Å². The van der Waals surface area contributed by atoms with Crippen LogP contribution in [-0.4, -0.2) is 41.0 Å². The van der Waals surface area contributed by atoms with Gasteiger partial charge in [0.15, 0.2) is 0 Å². The van der Waals surface area contributed by atoms with Crippen LogP contribution in [0.25, 0.3) is 0 Å². The lowest BCUT2D eigenvalue weighted by Crippen LogP contribution is -2.52. The molecule has 0 bridgehead atoms. The molecule has 30 heavy (non-hydrogen) atoms. The molecule has 0 aromatic heterocycles. The zero-order valence-electron chi connectivity index (χ0n) is 17.8. The van der Waals surface area contributed by atoms with Crippen LogP contribution in [0, 0.1) is 17.3 Å². The number of allylic oxidation sites excluding steroid dienone is 1. The van der Waals surface area contributed by atoms with Gasteiger partial charge < -0.3 is 21.1 Å². The third-order valence-corrected chi connectivity index (χ3v) is 7.81. The van der Waals surface area contributed by atoms with Crippen molar-refractivity contribution in [2.24, 2.45) is 23.0 Å². The van der Waals surface area contributed by atoms with Crippen molar-refractivity contribution in [2.45, 2.75) is 63.5 Å². The van der Waals surface area contributed by atoms with Gasteiger partial charge in [-0.15, -0.1) is 0 Å². The Labute approximate surface area is 178 Å². The molecule has 3 saturated carbocycles. The third kappa shape index (κ3) is 3.97. The fourth-order valence-corrected chi connectivity index (χ4v) is 5.36. The molecule has 1 spiro atoms. The first-order valence-corrected chi connectivity index (χ1v) is 11.1. The topological polar surface area (TPSA) is 95.7 Å². The second-order valence-corrected chi connectivity index (χ2v) is 9.55. The molecule has 2 atom stereocenters. The Balaban J connectivity index is 1.29. The van der Waals surface area contributed by atoms with Gasteiger partial charge in [0.2, 0.25) is 5.91 Å². The first kappa shape index (κ1) is 20.9. The minimum absolute atomic E-state index is 0.109. The summed E-state index contributed by atoms with van der Waals surface area (Å²) in [6.07, 6.45) is 8.66. The maximum absolute atomic E-state index is 12.7. The zero-order valence-corrected chi connectivity index (χ0v) is 17.8. The number of nitrogens with two attached hydrogens (primary N) is 1. The molecule has 0 aliphatic heterocycles. The van der Waals surface area contributed by atoms with Crippen LogP contribution in [0.15, 0.2) is 36.5 Å². The smallest absolute Gasteiger partial charge is 0.335 e. The van der Waals surface area contributed by atoms with Gasteiger partial charge >= 0.3 is 5.97 Å². The largest absolute Gasteiger partial charge is 0.478 e. The number of carbonyl (C=O) groups is 2.